The number of carbonyl (C=O) groups excluding carboxylic acids is 1. The van der Waals surface area contributed by atoms with E-state index in [1.54, 1.807) is 0 Å². The first kappa shape index (κ1) is 14.7. The molecular formula is C15H21F2NO3. The van der Waals surface area contributed by atoms with Gasteiger partial charge in [-0.3, -0.25) is 4.79 Å². The summed E-state index contributed by atoms with van der Waals surface area (Å²) >= 11 is 0. The summed E-state index contributed by atoms with van der Waals surface area (Å²) in [5.74, 6) is -3.92. The summed E-state index contributed by atoms with van der Waals surface area (Å²) in [7, 11) is 0. The Morgan fingerprint density at radius 1 is 1.10 bits per heavy atom. The molecule has 0 spiro atoms. The topological polar surface area (TPSA) is 57.6 Å². The van der Waals surface area contributed by atoms with Gasteiger partial charge in [-0.2, -0.15) is 0 Å². The molecule has 0 aromatic heterocycles. The van der Waals surface area contributed by atoms with E-state index in [-0.39, 0.29) is 43.4 Å². The molecule has 1 aliphatic heterocycles. The number of aliphatic carboxylic acids is 1. The van der Waals surface area contributed by atoms with Gasteiger partial charge in [0.1, 0.15) is 6.04 Å². The minimum atomic E-state index is -2.66. The van der Waals surface area contributed by atoms with Gasteiger partial charge in [0.05, 0.1) is 0 Å². The molecule has 2 aliphatic carbocycles. The summed E-state index contributed by atoms with van der Waals surface area (Å²) in [4.78, 5) is 25.6. The van der Waals surface area contributed by atoms with Gasteiger partial charge in [-0.15, -0.1) is 0 Å². The molecule has 0 bridgehead atoms. The van der Waals surface area contributed by atoms with Crippen molar-refractivity contribution in [3.05, 3.63) is 0 Å². The van der Waals surface area contributed by atoms with Crippen molar-refractivity contribution in [3.63, 3.8) is 0 Å². The van der Waals surface area contributed by atoms with Crippen molar-refractivity contribution in [2.24, 2.45) is 17.8 Å². The molecule has 2 saturated carbocycles. The predicted octanol–water partition coefficient (Wildman–Crippen LogP) is 2.52. The van der Waals surface area contributed by atoms with Crippen LogP contribution in [0.4, 0.5) is 8.78 Å². The van der Waals surface area contributed by atoms with Crippen molar-refractivity contribution >= 4 is 11.9 Å². The quantitative estimate of drug-likeness (QED) is 0.852. The maximum Gasteiger partial charge on any atom is 0.326 e. The van der Waals surface area contributed by atoms with E-state index >= 15 is 0 Å². The Bertz CT molecular complexity index is 444. The summed E-state index contributed by atoms with van der Waals surface area (Å²) in [5.41, 5.74) is 0. The van der Waals surface area contributed by atoms with Gasteiger partial charge < -0.3 is 10.0 Å². The SMILES string of the molecule is O=C(O)[C@@H]1[C@H]2CCC[C@@H]2CN1C(=O)C1CCC(F)(F)CC1. The largest absolute Gasteiger partial charge is 0.480 e. The molecule has 0 unspecified atom stereocenters. The van der Waals surface area contributed by atoms with E-state index < -0.39 is 23.9 Å². The highest BCUT2D eigenvalue weighted by Gasteiger charge is 2.51. The van der Waals surface area contributed by atoms with Crippen LogP contribution in [0.3, 0.4) is 0 Å². The van der Waals surface area contributed by atoms with Crippen LogP contribution in [0.5, 0.6) is 0 Å². The van der Waals surface area contributed by atoms with Gasteiger partial charge in [0.15, 0.2) is 0 Å². The number of likely N-dealkylation sites (tertiary alicyclic amines) is 1. The molecule has 4 nitrogen and oxygen atoms in total. The standard InChI is InChI=1S/C15H21F2NO3/c16-15(17)6-4-9(5-7-15)13(19)18-8-10-2-1-3-11(10)12(18)14(20)21/h9-12H,1-8H2,(H,20,21)/t10-,11+,12+/m1/s1. The zero-order valence-electron chi connectivity index (χ0n) is 11.9. The Balaban J connectivity index is 1.71. The van der Waals surface area contributed by atoms with Crippen LogP contribution in [-0.2, 0) is 9.59 Å². The number of nitrogens with zero attached hydrogens (tertiary/aromatic N) is 1. The average Bonchev–Trinajstić information content (AvgIpc) is 2.96. The van der Waals surface area contributed by atoms with Crippen molar-refractivity contribution in [1.82, 2.24) is 4.90 Å². The molecule has 21 heavy (non-hydrogen) atoms. The Labute approximate surface area is 122 Å². The summed E-state index contributed by atoms with van der Waals surface area (Å²) in [6.07, 6.45) is 2.67. The lowest BCUT2D eigenvalue weighted by Gasteiger charge is -2.32. The summed E-state index contributed by atoms with van der Waals surface area (Å²) in [5, 5.41) is 9.45. The van der Waals surface area contributed by atoms with E-state index in [2.05, 4.69) is 0 Å². The lowest BCUT2D eigenvalue weighted by Crippen LogP contribution is -2.47. The first-order chi connectivity index (χ1) is 9.89. The molecule has 1 heterocycles. The van der Waals surface area contributed by atoms with E-state index in [4.69, 9.17) is 0 Å². The Morgan fingerprint density at radius 3 is 2.38 bits per heavy atom. The molecule has 3 fully saturated rings. The van der Waals surface area contributed by atoms with Gasteiger partial charge in [0.2, 0.25) is 11.8 Å². The van der Waals surface area contributed by atoms with E-state index in [0.717, 1.165) is 19.3 Å². The lowest BCUT2D eigenvalue weighted by molar-refractivity contribution is -0.153. The fourth-order valence-electron chi connectivity index (χ4n) is 4.37. The molecule has 0 aromatic rings. The molecule has 3 atom stereocenters. The predicted molar refractivity (Wildman–Crippen MR) is 70.9 cm³/mol. The molecule has 118 valence electrons. The second kappa shape index (κ2) is 5.21. The highest BCUT2D eigenvalue weighted by atomic mass is 19.3. The first-order valence-corrected chi connectivity index (χ1v) is 7.80. The zero-order valence-corrected chi connectivity index (χ0v) is 11.9. The maximum atomic E-state index is 13.2. The zero-order chi connectivity index (χ0) is 15.2. The molecular weight excluding hydrogens is 280 g/mol. The second-order valence-electron chi connectivity index (χ2n) is 6.76. The third-order valence-corrected chi connectivity index (χ3v) is 5.49. The number of carboxylic acids is 1. The molecule has 0 aromatic carbocycles. The number of fused-ring (bicyclic) bond motifs is 1. The molecule has 1 saturated heterocycles. The Morgan fingerprint density at radius 2 is 1.76 bits per heavy atom. The van der Waals surface area contributed by atoms with Crippen LogP contribution in [0.15, 0.2) is 0 Å². The van der Waals surface area contributed by atoms with Gasteiger partial charge in [0, 0.05) is 25.3 Å². The van der Waals surface area contributed by atoms with E-state index in [9.17, 15) is 23.5 Å². The van der Waals surface area contributed by atoms with Gasteiger partial charge >= 0.3 is 5.97 Å². The monoisotopic (exact) mass is 301 g/mol. The van der Waals surface area contributed by atoms with Crippen LogP contribution in [0, 0.1) is 17.8 Å². The van der Waals surface area contributed by atoms with E-state index in [1.807, 2.05) is 0 Å². The number of carboxylic acid groups (broad SMARTS) is 1. The fourth-order valence-corrected chi connectivity index (χ4v) is 4.37. The van der Waals surface area contributed by atoms with Crippen LogP contribution in [-0.4, -0.2) is 40.4 Å². The fraction of sp³-hybridized carbons (Fsp3) is 0.867. The number of amides is 1. The number of rotatable bonds is 2. The number of hydrogen-bond donors (Lipinski definition) is 1. The third kappa shape index (κ3) is 2.64. The maximum absolute atomic E-state index is 13.2. The first-order valence-electron chi connectivity index (χ1n) is 7.80. The Hall–Kier alpha value is -1.20. The summed E-state index contributed by atoms with van der Waals surface area (Å²) < 4.78 is 26.4. The van der Waals surface area contributed by atoms with E-state index in [1.165, 1.54) is 4.90 Å². The third-order valence-electron chi connectivity index (χ3n) is 5.49. The van der Waals surface area contributed by atoms with Crippen molar-refractivity contribution < 1.29 is 23.5 Å². The molecule has 3 aliphatic rings. The van der Waals surface area contributed by atoms with Crippen molar-refractivity contribution in [1.29, 1.82) is 0 Å². The van der Waals surface area contributed by atoms with Gasteiger partial charge in [-0.25, -0.2) is 13.6 Å². The molecule has 6 heteroatoms. The number of halogens is 2. The van der Waals surface area contributed by atoms with Crippen molar-refractivity contribution in [2.75, 3.05) is 6.54 Å². The summed E-state index contributed by atoms with van der Waals surface area (Å²) in [6, 6.07) is -0.743. The van der Waals surface area contributed by atoms with E-state index in [0.29, 0.717) is 6.54 Å². The van der Waals surface area contributed by atoms with Gasteiger partial charge in [-0.05, 0) is 37.5 Å². The molecule has 1 N–H and O–H groups in total. The van der Waals surface area contributed by atoms with Crippen LogP contribution in [0.25, 0.3) is 0 Å². The Kier molecular flexibility index (Phi) is 3.66. The lowest BCUT2D eigenvalue weighted by atomic mass is 9.85. The number of alkyl halides is 2. The summed E-state index contributed by atoms with van der Waals surface area (Å²) in [6.45, 7) is 0.493. The minimum Gasteiger partial charge on any atom is -0.480 e. The highest BCUT2D eigenvalue weighted by molar-refractivity contribution is 5.86. The van der Waals surface area contributed by atoms with Crippen LogP contribution < -0.4 is 0 Å². The molecule has 1 amide bonds. The van der Waals surface area contributed by atoms with Crippen molar-refractivity contribution in [2.45, 2.75) is 56.9 Å². The second-order valence-corrected chi connectivity index (χ2v) is 6.76. The van der Waals surface area contributed by atoms with Gasteiger partial charge in [0.25, 0.3) is 0 Å². The highest BCUT2D eigenvalue weighted by Crippen LogP contribution is 2.44. The average molecular weight is 301 g/mol. The minimum absolute atomic E-state index is 0.0523. The van der Waals surface area contributed by atoms with Crippen LogP contribution >= 0.6 is 0 Å². The van der Waals surface area contributed by atoms with Crippen molar-refractivity contribution in [3.8, 4) is 0 Å². The molecule has 3 rings (SSSR count). The number of hydrogen-bond acceptors (Lipinski definition) is 2. The van der Waals surface area contributed by atoms with Crippen LogP contribution in [0.2, 0.25) is 0 Å². The number of carbonyl (C=O) groups is 2. The molecule has 0 radical (unpaired) electrons. The van der Waals surface area contributed by atoms with Crippen LogP contribution in [0.1, 0.15) is 44.9 Å². The smallest absolute Gasteiger partial charge is 0.326 e. The van der Waals surface area contributed by atoms with Gasteiger partial charge in [-0.1, -0.05) is 6.42 Å². The normalized spacial score (nSPS) is 35.7.